The van der Waals surface area contributed by atoms with Gasteiger partial charge in [0.15, 0.2) is 5.78 Å². The Kier molecular flexibility index (Phi) is 3.40. The molecule has 3 heteroatoms. The summed E-state index contributed by atoms with van der Waals surface area (Å²) in [6.45, 7) is 6.75. The molecule has 23 heavy (non-hydrogen) atoms. The van der Waals surface area contributed by atoms with E-state index >= 15 is 0 Å². The van der Waals surface area contributed by atoms with Gasteiger partial charge in [0.2, 0.25) is 0 Å². The summed E-state index contributed by atoms with van der Waals surface area (Å²) in [6.07, 6.45) is 8.10. The average molecular weight is 337 g/mol. The maximum Gasteiger partial charge on any atom is 0.174 e. The third-order valence-corrected chi connectivity index (χ3v) is 9.05. The zero-order valence-electron chi connectivity index (χ0n) is 14.6. The number of allylic oxidation sites excluding steroid dienone is 1. The summed E-state index contributed by atoms with van der Waals surface area (Å²) in [5.41, 5.74) is 0.925. The highest BCUT2D eigenvalue weighted by Gasteiger charge is 2.62. The summed E-state index contributed by atoms with van der Waals surface area (Å²) >= 11 is 6.44. The van der Waals surface area contributed by atoms with Crippen LogP contribution in [0.25, 0.3) is 0 Å². The molecule has 3 saturated carbocycles. The van der Waals surface area contributed by atoms with Crippen LogP contribution in [0, 0.1) is 28.6 Å². The fourth-order valence-corrected chi connectivity index (χ4v) is 7.30. The molecule has 0 saturated heterocycles. The molecule has 3 unspecified atom stereocenters. The predicted molar refractivity (Wildman–Crippen MR) is 92.1 cm³/mol. The molecule has 4 aliphatic carbocycles. The van der Waals surface area contributed by atoms with Gasteiger partial charge in [-0.1, -0.05) is 25.4 Å². The molecule has 0 bridgehead atoms. The van der Waals surface area contributed by atoms with Crippen LogP contribution >= 0.6 is 11.6 Å². The summed E-state index contributed by atoms with van der Waals surface area (Å²) in [5, 5.41) is 11.5. The summed E-state index contributed by atoms with van der Waals surface area (Å²) in [4.78, 5) is 12.0. The maximum atomic E-state index is 12.0. The van der Waals surface area contributed by atoms with Gasteiger partial charge in [-0.25, -0.2) is 0 Å². The number of fused-ring (bicyclic) bond motifs is 5. The number of ketones is 1. The van der Waals surface area contributed by atoms with E-state index in [0.29, 0.717) is 29.2 Å². The third-order valence-electron chi connectivity index (χ3n) is 8.62. The predicted octanol–water partition coefficient (Wildman–Crippen LogP) is 4.84. The first kappa shape index (κ1) is 16.1. The second-order valence-electron chi connectivity index (χ2n) is 9.32. The lowest BCUT2D eigenvalue weighted by molar-refractivity contribution is -0.124. The van der Waals surface area contributed by atoms with Gasteiger partial charge in [-0.3, -0.25) is 4.79 Å². The van der Waals surface area contributed by atoms with Gasteiger partial charge in [0.25, 0.3) is 0 Å². The molecule has 6 atom stereocenters. The van der Waals surface area contributed by atoms with Crippen molar-refractivity contribution in [2.75, 3.05) is 0 Å². The monoisotopic (exact) mass is 336 g/mol. The zero-order valence-corrected chi connectivity index (χ0v) is 15.4. The molecule has 0 aromatic rings. The first-order valence-corrected chi connectivity index (χ1v) is 9.73. The smallest absolute Gasteiger partial charge is 0.174 e. The number of halogens is 1. The largest absolute Gasteiger partial charge is 0.390 e. The van der Waals surface area contributed by atoms with Gasteiger partial charge in [-0.05, 0) is 86.0 Å². The Bertz CT molecular complexity index is 592. The zero-order chi connectivity index (χ0) is 16.6. The molecule has 0 heterocycles. The van der Waals surface area contributed by atoms with Crippen molar-refractivity contribution >= 4 is 17.4 Å². The van der Waals surface area contributed by atoms with Crippen molar-refractivity contribution in [1.29, 1.82) is 0 Å². The molecule has 0 aromatic heterocycles. The van der Waals surface area contributed by atoms with Crippen LogP contribution in [0.4, 0.5) is 0 Å². The van der Waals surface area contributed by atoms with E-state index in [-0.39, 0.29) is 16.6 Å². The van der Waals surface area contributed by atoms with Gasteiger partial charge in [0, 0.05) is 6.42 Å². The van der Waals surface area contributed by atoms with Crippen LogP contribution in [-0.4, -0.2) is 16.5 Å². The molecule has 3 fully saturated rings. The van der Waals surface area contributed by atoms with E-state index in [1.807, 2.05) is 0 Å². The number of Topliss-reactive ketones (excluding diaryl/α,β-unsaturated/α-hetero) is 1. The highest BCUT2D eigenvalue weighted by molar-refractivity contribution is 6.43. The van der Waals surface area contributed by atoms with E-state index in [1.165, 1.54) is 12.0 Å². The fourth-order valence-electron chi connectivity index (χ4n) is 6.89. The quantitative estimate of drug-likeness (QED) is 0.687. The molecule has 1 N–H and O–H groups in total. The maximum absolute atomic E-state index is 12.0. The van der Waals surface area contributed by atoms with E-state index < -0.39 is 5.60 Å². The molecule has 0 amide bonds. The van der Waals surface area contributed by atoms with E-state index in [4.69, 9.17) is 11.6 Å². The topological polar surface area (TPSA) is 37.3 Å². The summed E-state index contributed by atoms with van der Waals surface area (Å²) in [5.74, 6) is 2.11. The van der Waals surface area contributed by atoms with Crippen LogP contribution in [0.3, 0.4) is 0 Å². The Balaban J connectivity index is 1.72. The molecule has 0 spiro atoms. The summed E-state index contributed by atoms with van der Waals surface area (Å²) in [7, 11) is 0. The van der Waals surface area contributed by atoms with Crippen molar-refractivity contribution in [3.8, 4) is 0 Å². The average Bonchev–Trinajstić information content (AvgIpc) is 2.74. The minimum atomic E-state index is -0.514. The van der Waals surface area contributed by atoms with Crippen molar-refractivity contribution < 1.29 is 9.90 Å². The van der Waals surface area contributed by atoms with Gasteiger partial charge >= 0.3 is 0 Å². The third kappa shape index (κ3) is 1.94. The molecule has 4 rings (SSSR count). The van der Waals surface area contributed by atoms with Crippen molar-refractivity contribution in [3.05, 3.63) is 10.6 Å². The minimum absolute atomic E-state index is 0.0695. The molecule has 128 valence electrons. The van der Waals surface area contributed by atoms with E-state index in [9.17, 15) is 9.90 Å². The molecule has 2 nitrogen and oxygen atoms in total. The minimum Gasteiger partial charge on any atom is -0.390 e. The molecule has 0 aromatic carbocycles. The van der Waals surface area contributed by atoms with Crippen LogP contribution in [-0.2, 0) is 4.79 Å². The van der Waals surface area contributed by atoms with Crippen LogP contribution in [0.15, 0.2) is 10.6 Å². The van der Waals surface area contributed by atoms with Gasteiger partial charge in [0.1, 0.15) is 0 Å². The molecule has 4 aliphatic rings. The van der Waals surface area contributed by atoms with Gasteiger partial charge in [-0.2, -0.15) is 0 Å². The molecular formula is C20H29ClO2. The molecule has 0 radical (unpaired) electrons. The lowest BCUT2D eigenvalue weighted by Crippen LogP contribution is -2.54. The normalized spacial score (nSPS) is 52.9. The number of aliphatic hydroxyl groups is 1. The Hall–Kier alpha value is -0.340. The second-order valence-corrected chi connectivity index (χ2v) is 9.70. The molecular weight excluding hydrogens is 308 g/mol. The first-order valence-electron chi connectivity index (χ1n) is 9.35. The standard InChI is InChI=1S/C20H29ClO2/c1-18-9-8-16(22)17(21)15(18)5-4-12-13(18)6-10-19(2)14(12)7-11-20(19,3)23/h12-14,23H,4-11H2,1-3H3/t12?,13?,14?,18-,19-,20+/m0/s1. The van der Waals surface area contributed by atoms with E-state index in [2.05, 4.69) is 20.8 Å². The number of carbonyl (C=O) groups is 1. The van der Waals surface area contributed by atoms with Crippen molar-refractivity contribution in [1.82, 2.24) is 0 Å². The van der Waals surface area contributed by atoms with Crippen LogP contribution in [0.5, 0.6) is 0 Å². The Morgan fingerprint density at radius 3 is 2.43 bits per heavy atom. The summed E-state index contributed by atoms with van der Waals surface area (Å²) in [6, 6.07) is 0. The van der Waals surface area contributed by atoms with Gasteiger partial charge in [0.05, 0.1) is 10.6 Å². The highest BCUT2D eigenvalue weighted by Crippen LogP contribution is 2.67. The Labute approximate surface area is 144 Å². The number of rotatable bonds is 0. The number of carbonyl (C=O) groups excluding carboxylic acids is 1. The fraction of sp³-hybridized carbons (Fsp3) is 0.850. The molecule has 0 aliphatic heterocycles. The lowest BCUT2D eigenvalue weighted by atomic mass is 9.46. The second kappa shape index (κ2) is 4.85. The highest BCUT2D eigenvalue weighted by atomic mass is 35.5. The number of hydrogen-bond acceptors (Lipinski definition) is 2. The SMILES string of the molecule is C[C@]12CCC3C(CCC4=C(Cl)C(=O)CC[C@]43C)C1CC[C@@]2(C)O. The van der Waals surface area contributed by atoms with Crippen molar-refractivity contribution in [3.63, 3.8) is 0 Å². The van der Waals surface area contributed by atoms with Gasteiger partial charge < -0.3 is 5.11 Å². The Morgan fingerprint density at radius 1 is 1.00 bits per heavy atom. The van der Waals surface area contributed by atoms with Crippen LogP contribution in [0.2, 0.25) is 0 Å². The van der Waals surface area contributed by atoms with Crippen LogP contribution in [0.1, 0.15) is 72.1 Å². The van der Waals surface area contributed by atoms with Gasteiger partial charge in [-0.15, -0.1) is 0 Å². The van der Waals surface area contributed by atoms with Crippen LogP contribution < -0.4 is 0 Å². The van der Waals surface area contributed by atoms with E-state index in [0.717, 1.165) is 38.5 Å². The summed E-state index contributed by atoms with van der Waals surface area (Å²) < 4.78 is 0. The van der Waals surface area contributed by atoms with Crippen molar-refractivity contribution in [2.45, 2.75) is 77.7 Å². The van der Waals surface area contributed by atoms with E-state index in [1.54, 1.807) is 0 Å². The number of hydrogen-bond donors (Lipinski definition) is 1. The first-order chi connectivity index (χ1) is 10.7. The lowest BCUT2D eigenvalue weighted by Gasteiger charge is -2.59. The van der Waals surface area contributed by atoms with Crippen molar-refractivity contribution in [2.24, 2.45) is 28.6 Å². The Morgan fingerprint density at radius 2 is 1.70 bits per heavy atom.